The predicted molar refractivity (Wildman–Crippen MR) is 70.6 cm³/mol. The zero-order valence-electron chi connectivity index (χ0n) is 10.1. The Hall–Kier alpha value is -2.29. The Kier molecular flexibility index (Phi) is 2.73. The van der Waals surface area contributed by atoms with E-state index in [1.807, 2.05) is 55.5 Å². The molecule has 3 nitrogen and oxygen atoms in total. The molecule has 3 aromatic rings. The topological polar surface area (TPSA) is 35.3 Å². The molecule has 0 radical (unpaired) electrons. The molecule has 90 valence electrons. The second-order valence-electron chi connectivity index (χ2n) is 3.95. The molecule has 0 saturated heterocycles. The molecule has 0 bridgehead atoms. The molecule has 0 aliphatic carbocycles. The first-order valence-corrected chi connectivity index (χ1v) is 5.95. The number of aromatic nitrogens is 1. The Balaban J connectivity index is 2.06. The molecular formula is C15H13NO2. The number of rotatable bonds is 3. The first-order chi connectivity index (χ1) is 8.86. The van der Waals surface area contributed by atoms with Gasteiger partial charge in [-0.3, -0.25) is 0 Å². The molecular weight excluding hydrogens is 226 g/mol. The standard InChI is InChI=1S/C15H13NO2/c1-2-17-12-8-9-13-14(10-12)18-15(16-13)11-6-4-3-5-7-11/h3-10H,2H2,1H3. The molecule has 3 rings (SSSR count). The van der Waals surface area contributed by atoms with Crippen molar-refractivity contribution in [3.63, 3.8) is 0 Å². The van der Waals surface area contributed by atoms with Crippen LogP contribution in [0.5, 0.6) is 5.75 Å². The van der Waals surface area contributed by atoms with Crippen molar-refractivity contribution < 1.29 is 9.15 Å². The second kappa shape index (κ2) is 4.53. The number of benzene rings is 2. The van der Waals surface area contributed by atoms with E-state index in [2.05, 4.69) is 4.98 Å². The summed E-state index contributed by atoms with van der Waals surface area (Å²) in [6.45, 7) is 2.60. The average molecular weight is 239 g/mol. The predicted octanol–water partition coefficient (Wildman–Crippen LogP) is 3.89. The maximum Gasteiger partial charge on any atom is 0.227 e. The number of fused-ring (bicyclic) bond motifs is 1. The summed E-state index contributed by atoms with van der Waals surface area (Å²) in [7, 11) is 0. The van der Waals surface area contributed by atoms with Crippen molar-refractivity contribution in [1.82, 2.24) is 4.98 Å². The van der Waals surface area contributed by atoms with Gasteiger partial charge in [-0.05, 0) is 31.2 Å². The lowest BCUT2D eigenvalue weighted by molar-refractivity contribution is 0.340. The summed E-state index contributed by atoms with van der Waals surface area (Å²) in [6.07, 6.45) is 0. The second-order valence-corrected chi connectivity index (χ2v) is 3.95. The van der Waals surface area contributed by atoms with Gasteiger partial charge in [-0.2, -0.15) is 0 Å². The quantitative estimate of drug-likeness (QED) is 0.695. The monoisotopic (exact) mass is 239 g/mol. The minimum Gasteiger partial charge on any atom is -0.494 e. The number of nitrogens with zero attached hydrogens (tertiary/aromatic N) is 1. The Morgan fingerprint density at radius 1 is 1.11 bits per heavy atom. The third-order valence-corrected chi connectivity index (χ3v) is 2.69. The number of oxazole rings is 1. The fourth-order valence-corrected chi connectivity index (χ4v) is 1.87. The maximum absolute atomic E-state index is 5.75. The zero-order chi connectivity index (χ0) is 12.4. The van der Waals surface area contributed by atoms with E-state index in [4.69, 9.17) is 9.15 Å². The van der Waals surface area contributed by atoms with E-state index in [1.165, 1.54) is 0 Å². The molecule has 1 aromatic heterocycles. The third-order valence-electron chi connectivity index (χ3n) is 2.69. The van der Waals surface area contributed by atoms with Crippen LogP contribution in [0.1, 0.15) is 6.92 Å². The van der Waals surface area contributed by atoms with Crippen molar-refractivity contribution in [3.05, 3.63) is 48.5 Å². The molecule has 0 fully saturated rings. The van der Waals surface area contributed by atoms with Crippen molar-refractivity contribution in [3.8, 4) is 17.2 Å². The number of ether oxygens (including phenoxy) is 1. The van der Waals surface area contributed by atoms with Crippen LogP contribution < -0.4 is 4.74 Å². The molecule has 3 heteroatoms. The summed E-state index contributed by atoms with van der Waals surface area (Å²) >= 11 is 0. The van der Waals surface area contributed by atoms with E-state index < -0.39 is 0 Å². The number of hydrogen-bond acceptors (Lipinski definition) is 3. The van der Waals surface area contributed by atoms with Crippen molar-refractivity contribution >= 4 is 11.1 Å². The molecule has 1 heterocycles. The SMILES string of the molecule is CCOc1ccc2nc(-c3ccccc3)oc2c1. The molecule has 18 heavy (non-hydrogen) atoms. The molecule has 0 saturated carbocycles. The van der Waals surface area contributed by atoms with Crippen LogP contribution in [0, 0.1) is 0 Å². The van der Waals surface area contributed by atoms with E-state index in [9.17, 15) is 0 Å². The molecule has 2 aromatic carbocycles. The number of hydrogen-bond donors (Lipinski definition) is 0. The van der Waals surface area contributed by atoms with Crippen LogP contribution in [0.25, 0.3) is 22.6 Å². The highest BCUT2D eigenvalue weighted by atomic mass is 16.5. The van der Waals surface area contributed by atoms with Gasteiger partial charge >= 0.3 is 0 Å². The third kappa shape index (κ3) is 1.95. The van der Waals surface area contributed by atoms with Gasteiger partial charge in [-0.25, -0.2) is 4.98 Å². The summed E-state index contributed by atoms with van der Waals surface area (Å²) in [5.41, 5.74) is 2.57. The maximum atomic E-state index is 5.75. The Morgan fingerprint density at radius 3 is 2.72 bits per heavy atom. The van der Waals surface area contributed by atoms with Gasteiger partial charge in [-0.1, -0.05) is 18.2 Å². The summed E-state index contributed by atoms with van der Waals surface area (Å²) in [5.74, 6) is 1.44. The van der Waals surface area contributed by atoms with E-state index in [-0.39, 0.29) is 0 Å². The van der Waals surface area contributed by atoms with Gasteiger partial charge in [0.05, 0.1) is 6.61 Å². The highest BCUT2D eigenvalue weighted by Crippen LogP contribution is 2.26. The average Bonchev–Trinajstić information content (AvgIpc) is 2.83. The summed E-state index contributed by atoms with van der Waals surface area (Å²) in [4.78, 5) is 4.46. The van der Waals surface area contributed by atoms with Crippen molar-refractivity contribution in [2.75, 3.05) is 6.61 Å². The normalized spacial score (nSPS) is 10.7. The molecule has 0 aliphatic heterocycles. The van der Waals surface area contributed by atoms with Crippen LogP contribution in [0.4, 0.5) is 0 Å². The van der Waals surface area contributed by atoms with Crippen LogP contribution >= 0.6 is 0 Å². The van der Waals surface area contributed by atoms with Crippen molar-refractivity contribution in [1.29, 1.82) is 0 Å². The molecule has 0 unspecified atom stereocenters. The van der Waals surface area contributed by atoms with Gasteiger partial charge in [0.2, 0.25) is 5.89 Å². The molecule has 0 N–H and O–H groups in total. The molecule has 0 spiro atoms. The largest absolute Gasteiger partial charge is 0.494 e. The van der Waals surface area contributed by atoms with Gasteiger partial charge in [0.1, 0.15) is 11.3 Å². The van der Waals surface area contributed by atoms with Crippen LogP contribution in [-0.4, -0.2) is 11.6 Å². The van der Waals surface area contributed by atoms with Crippen molar-refractivity contribution in [2.24, 2.45) is 0 Å². The minimum absolute atomic E-state index is 0.638. The van der Waals surface area contributed by atoms with E-state index >= 15 is 0 Å². The van der Waals surface area contributed by atoms with Crippen LogP contribution in [0.3, 0.4) is 0 Å². The van der Waals surface area contributed by atoms with E-state index in [0.29, 0.717) is 12.5 Å². The van der Waals surface area contributed by atoms with Gasteiger partial charge in [0.25, 0.3) is 0 Å². The first kappa shape index (κ1) is 10.8. The van der Waals surface area contributed by atoms with Crippen LogP contribution in [0.2, 0.25) is 0 Å². The van der Waals surface area contributed by atoms with E-state index in [1.54, 1.807) is 0 Å². The Labute approximate surface area is 105 Å². The first-order valence-electron chi connectivity index (χ1n) is 5.95. The highest BCUT2D eigenvalue weighted by Gasteiger charge is 2.08. The molecule has 0 amide bonds. The van der Waals surface area contributed by atoms with E-state index in [0.717, 1.165) is 22.4 Å². The fourth-order valence-electron chi connectivity index (χ4n) is 1.87. The van der Waals surface area contributed by atoms with Gasteiger partial charge in [0, 0.05) is 11.6 Å². The molecule has 0 atom stereocenters. The lowest BCUT2D eigenvalue weighted by atomic mass is 10.2. The summed E-state index contributed by atoms with van der Waals surface area (Å²) in [6, 6.07) is 15.6. The highest BCUT2D eigenvalue weighted by molar-refractivity contribution is 5.77. The zero-order valence-corrected chi connectivity index (χ0v) is 10.1. The minimum atomic E-state index is 0.638. The lowest BCUT2D eigenvalue weighted by Gasteiger charge is -2.00. The van der Waals surface area contributed by atoms with Gasteiger partial charge < -0.3 is 9.15 Å². The van der Waals surface area contributed by atoms with Gasteiger partial charge in [-0.15, -0.1) is 0 Å². The lowest BCUT2D eigenvalue weighted by Crippen LogP contribution is -1.90. The van der Waals surface area contributed by atoms with Crippen LogP contribution in [-0.2, 0) is 0 Å². The summed E-state index contributed by atoms with van der Waals surface area (Å²) in [5, 5.41) is 0. The Bertz CT molecular complexity index is 659. The van der Waals surface area contributed by atoms with Crippen molar-refractivity contribution in [2.45, 2.75) is 6.92 Å². The smallest absolute Gasteiger partial charge is 0.227 e. The van der Waals surface area contributed by atoms with Gasteiger partial charge in [0.15, 0.2) is 5.58 Å². The fraction of sp³-hybridized carbons (Fsp3) is 0.133. The Morgan fingerprint density at radius 2 is 1.94 bits per heavy atom. The summed E-state index contributed by atoms with van der Waals surface area (Å²) < 4.78 is 11.2. The molecule has 0 aliphatic rings. The van der Waals surface area contributed by atoms with Crippen LogP contribution in [0.15, 0.2) is 52.9 Å².